The third kappa shape index (κ3) is 3.45. The van der Waals surface area contributed by atoms with Gasteiger partial charge in [0.05, 0.1) is 18.9 Å². The lowest BCUT2D eigenvalue weighted by atomic mass is 10.1. The van der Waals surface area contributed by atoms with Gasteiger partial charge >= 0.3 is 0 Å². The zero-order valence-corrected chi connectivity index (χ0v) is 15.6. The van der Waals surface area contributed by atoms with Gasteiger partial charge in [0, 0.05) is 36.7 Å². The van der Waals surface area contributed by atoms with Gasteiger partial charge in [0.25, 0.3) is 5.91 Å². The van der Waals surface area contributed by atoms with Crippen molar-refractivity contribution >= 4 is 33.3 Å². The Balaban J connectivity index is 1.38. The summed E-state index contributed by atoms with van der Waals surface area (Å²) < 4.78 is 5.38. The number of nitrogens with zero attached hydrogens (tertiary/aromatic N) is 2. The minimum atomic E-state index is -0.0423. The van der Waals surface area contributed by atoms with Crippen molar-refractivity contribution in [3.05, 3.63) is 46.6 Å². The van der Waals surface area contributed by atoms with E-state index < -0.39 is 0 Å². The van der Waals surface area contributed by atoms with Crippen molar-refractivity contribution in [1.82, 2.24) is 15.3 Å². The van der Waals surface area contributed by atoms with Crippen LogP contribution in [0.2, 0.25) is 0 Å². The molecule has 2 N–H and O–H groups in total. The molecule has 3 heterocycles. The molecule has 1 amide bonds. The third-order valence-corrected chi connectivity index (χ3v) is 5.84. The molecule has 2 aromatic heterocycles. The monoisotopic (exact) mass is 370 g/mol. The van der Waals surface area contributed by atoms with Gasteiger partial charge < -0.3 is 19.9 Å². The van der Waals surface area contributed by atoms with E-state index in [0.717, 1.165) is 35.9 Å². The molecule has 6 nitrogen and oxygen atoms in total. The molecule has 4 rings (SSSR count). The van der Waals surface area contributed by atoms with E-state index in [-0.39, 0.29) is 5.91 Å². The summed E-state index contributed by atoms with van der Waals surface area (Å²) in [4.78, 5) is 23.3. The van der Waals surface area contributed by atoms with Crippen LogP contribution < -0.4 is 10.2 Å². The molecule has 7 heteroatoms. The molecule has 3 aromatic rings. The summed E-state index contributed by atoms with van der Waals surface area (Å²) in [6.45, 7) is 5.58. The molecule has 0 radical (unpaired) electrons. The number of rotatable bonds is 5. The first kappa shape index (κ1) is 17.1. The van der Waals surface area contributed by atoms with Gasteiger partial charge in [-0.25, -0.2) is 4.98 Å². The number of hydrogen-bond acceptors (Lipinski definition) is 5. The number of H-pyrrole nitrogens is 1. The highest BCUT2D eigenvalue weighted by atomic mass is 32.1. The molecule has 0 atom stereocenters. The average Bonchev–Trinajstić information content (AvgIpc) is 3.26. The fraction of sp³-hybridized carbons (Fsp3) is 0.368. The van der Waals surface area contributed by atoms with E-state index in [1.54, 1.807) is 0 Å². The van der Waals surface area contributed by atoms with Crippen molar-refractivity contribution in [2.45, 2.75) is 13.3 Å². The Morgan fingerprint density at radius 3 is 3.00 bits per heavy atom. The van der Waals surface area contributed by atoms with Crippen LogP contribution in [-0.2, 0) is 11.2 Å². The predicted octanol–water partition coefficient (Wildman–Crippen LogP) is 2.74. The minimum absolute atomic E-state index is 0.0423. The summed E-state index contributed by atoms with van der Waals surface area (Å²) >= 11 is 1.47. The normalized spacial score (nSPS) is 14.7. The molecule has 1 aromatic carbocycles. The highest BCUT2D eigenvalue weighted by molar-refractivity contribution is 7.17. The number of fused-ring (bicyclic) bond motifs is 1. The number of carbonyl (C=O) groups excluding carboxylic acids is 1. The quantitative estimate of drug-likeness (QED) is 0.725. The first-order valence-electron chi connectivity index (χ1n) is 8.85. The molecule has 26 heavy (non-hydrogen) atoms. The second kappa shape index (κ2) is 7.47. The molecule has 0 unspecified atom stereocenters. The zero-order chi connectivity index (χ0) is 17.9. The zero-order valence-electron chi connectivity index (χ0n) is 14.7. The number of para-hydroxylation sites is 1. The van der Waals surface area contributed by atoms with Gasteiger partial charge in [-0.1, -0.05) is 29.5 Å². The van der Waals surface area contributed by atoms with Crippen molar-refractivity contribution in [1.29, 1.82) is 0 Å². The number of aryl methyl sites for hydroxylation is 1. The third-order valence-electron chi connectivity index (χ3n) is 4.63. The topological polar surface area (TPSA) is 70.2 Å². The van der Waals surface area contributed by atoms with Crippen LogP contribution in [-0.4, -0.2) is 48.7 Å². The number of carbonyl (C=O) groups is 1. The highest BCUT2D eigenvalue weighted by Crippen LogP contribution is 2.26. The minimum Gasteiger partial charge on any atom is -0.378 e. The molecule has 1 saturated heterocycles. The number of ether oxygens (including phenoxy) is 1. The molecule has 136 valence electrons. The SMILES string of the molecule is Cc1nc(N2CCOCC2)sc1C(=O)NCCc1c[nH]c2ccccc12. The lowest BCUT2D eigenvalue weighted by Crippen LogP contribution is -2.36. The van der Waals surface area contributed by atoms with Crippen LogP contribution in [0.3, 0.4) is 0 Å². The van der Waals surface area contributed by atoms with Gasteiger partial charge in [0.15, 0.2) is 5.13 Å². The van der Waals surface area contributed by atoms with E-state index >= 15 is 0 Å². The van der Waals surface area contributed by atoms with Gasteiger partial charge in [-0.05, 0) is 25.0 Å². The van der Waals surface area contributed by atoms with Gasteiger partial charge in [0.1, 0.15) is 4.88 Å². The van der Waals surface area contributed by atoms with Crippen LogP contribution >= 0.6 is 11.3 Å². The number of morpholine rings is 1. The molecule has 0 saturated carbocycles. The van der Waals surface area contributed by atoms with Gasteiger partial charge in [-0.3, -0.25) is 4.79 Å². The number of amides is 1. The first-order valence-corrected chi connectivity index (χ1v) is 9.67. The summed E-state index contributed by atoms with van der Waals surface area (Å²) in [6.07, 6.45) is 2.81. The van der Waals surface area contributed by atoms with E-state index in [1.807, 2.05) is 25.3 Å². The second-order valence-electron chi connectivity index (χ2n) is 6.38. The summed E-state index contributed by atoms with van der Waals surface area (Å²) in [5.41, 5.74) is 3.14. The smallest absolute Gasteiger partial charge is 0.263 e. The average molecular weight is 370 g/mol. The number of aromatic amines is 1. The lowest BCUT2D eigenvalue weighted by Gasteiger charge is -2.25. The molecule has 0 spiro atoms. The lowest BCUT2D eigenvalue weighted by molar-refractivity contribution is 0.0957. The van der Waals surface area contributed by atoms with Crippen LogP contribution in [0.15, 0.2) is 30.5 Å². The van der Waals surface area contributed by atoms with Crippen LogP contribution in [0, 0.1) is 6.92 Å². The standard InChI is InChI=1S/C19H22N4O2S/c1-13-17(26-19(22-13)23-8-10-25-11-9-23)18(24)20-7-6-14-12-21-16-5-3-2-4-15(14)16/h2-5,12,21H,6-11H2,1H3,(H,20,24). The maximum absolute atomic E-state index is 12.6. The fourth-order valence-electron chi connectivity index (χ4n) is 3.21. The second-order valence-corrected chi connectivity index (χ2v) is 7.35. The summed E-state index contributed by atoms with van der Waals surface area (Å²) in [5, 5.41) is 5.16. The molecule has 1 fully saturated rings. The Morgan fingerprint density at radius 2 is 2.15 bits per heavy atom. The first-order chi connectivity index (χ1) is 12.7. The maximum Gasteiger partial charge on any atom is 0.263 e. The number of thiazole rings is 1. The number of benzene rings is 1. The Morgan fingerprint density at radius 1 is 1.35 bits per heavy atom. The van der Waals surface area contributed by atoms with Gasteiger partial charge in [-0.2, -0.15) is 0 Å². The molecule has 0 aliphatic carbocycles. The predicted molar refractivity (Wildman–Crippen MR) is 104 cm³/mol. The Bertz CT molecular complexity index is 911. The molecule has 0 bridgehead atoms. The summed E-state index contributed by atoms with van der Waals surface area (Å²) in [6, 6.07) is 8.21. The van der Waals surface area contributed by atoms with E-state index in [9.17, 15) is 4.79 Å². The maximum atomic E-state index is 12.6. The Hall–Kier alpha value is -2.38. The van der Waals surface area contributed by atoms with Crippen molar-refractivity contribution in [3.8, 4) is 0 Å². The Kier molecular flexibility index (Phi) is 4.90. The van der Waals surface area contributed by atoms with Crippen LogP contribution in [0.5, 0.6) is 0 Å². The summed E-state index contributed by atoms with van der Waals surface area (Å²) in [7, 11) is 0. The van der Waals surface area contributed by atoms with Crippen molar-refractivity contribution < 1.29 is 9.53 Å². The van der Waals surface area contributed by atoms with Crippen molar-refractivity contribution in [2.75, 3.05) is 37.7 Å². The fourth-order valence-corrected chi connectivity index (χ4v) is 4.25. The van der Waals surface area contributed by atoms with E-state index in [2.05, 4.69) is 32.3 Å². The molecular formula is C19H22N4O2S. The number of anilines is 1. The number of aromatic nitrogens is 2. The van der Waals surface area contributed by atoms with Crippen LogP contribution in [0.4, 0.5) is 5.13 Å². The van der Waals surface area contributed by atoms with E-state index in [4.69, 9.17) is 4.74 Å². The van der Waals surface area contributed by atoms with Crippen LogP contribution in [0.1, 0.15) is 20.9 Å². The van der Waals surface area contributed by atoms with Gasteiger partial charge in [0.2, 0.25) is 0 Å². The van der Waals surface area contributed by atoms with Crippen molar-refractivity contribution in [3.63, 3.8) is 0 Å². The van der Waals surface area contributed by atoms with Gasteiger partial charge in [-0.15, -0.1) is 0 Å². The molecule has 1 aliphatic rings. The van der Waals surface area contributed by atoms with Crippen LogP contribution in [0.25, 0.3) is 10.9 Å². The largest absolute Gasteiger partial charge is 0.378 e. The number of nitrogens with one attached hydrogen (secondary N) is 2. The summed E-state index contributed by atoms with van der Waals surface area (Å²) in [5.74, 6) is -0.0423. The Labute approximate surface area is 156 Å². The highest BCUT2D eigenvalue weighted by Gasteiger charge is 2.20. The number of hydrogen-bond donors (Lipinski definition) is 2. The van der Waals surface area contributed by atoms with E-state index in [1.165, 1.54) is 22.3 Å². The molecule has 1 aliphatic heterocycles. The van der Waals surface area contributed by atoms with Crippen molar-refractivity contribution in [2.24, 2.45) is 0 Å². The molecular weight excluding hydrogens is 348 g/mol. The van der Waals surface area contributed by atoms with E-state index in [0.29, 0.717) is 24.6 Å².